The molecule has 2 aromatic rings. The van der Waals surface area contributed by atoms with Crippen LogP contribution in [0, 0.1) is 6.92 Å². The van der Waals surface area contributed by atoms with Gasteiger partial charge < -0.3 is 10.0 Å². The van der Waals surface area contributed by atoms with E-state index in [4.69, 9.17) is 18.6 Å². The van der Waals surface area contributed by atoms with Gasteiger partial charge in [-0.15, -0.1) is 0 Å². The molecule has 0 spiro atoms. The molecule has 0 saturated heterocycles. The molecule has 1 atom stereocenters. The van der Waals surface area contributed by atoms with Gasteiger partial charge >= 0.3 is 35.6 Å². The first kappa shape index (κ1) is 20.0. The van der Waals surface area contributed by atoms with Crippen molar-refractivity contribution in [1.29, 1.82) is 0 Å². The molecular formula is C16H20Cl2NOPTi. The SMILES string of the molecule is Cc1ccc(O)c(Pc2ccccc2CN(C)C)c1.[Cl][Ti][Cl]. The van der Waals surface area contributed by atoms with Crippen molar-refractivity contribution in [3.05, 3.63) is 53.6 Å². The van der Waals surface area contributed by atoms with E-state index in [1.54, 1.807) is 6.07 Å². The molecule has 22 heavy (non-hydrogen) atoms. The van der Waals surface area contributed by atoms with Crippen LogP contribution in [0.25, 0.3) is 0 Å². The van der Waals surface area contributed by atoms with Gasteiger partial charge in [0.05, 0.1) is 0 Å². The van der Waals surface area contributed by atoms with E-state index in [9.17, 15) is 5.11 Å². The van der Waals surface area contributed by atoms with Crippen LogP contribution >= 0.6 is 27.2 Å². The minimum atomic E-state index is -0.556. The third-order valence-electron chi connectivity index (χ3n) is 2.93. The number of aryl methyl sites for hydroxylation is 1. The predicted octanol–water partition coefficient (Wildman–Crippen LogP) is 3.77. The van der Waals surface area contributed by atoms with E-state index in [0.29, 0.717) is 14.3 Å². The molecule has 2 nitrogen and oxygen atoms in total. The summed E-state index contributed by atoms with van der Waals surface area (Å²) in [6.07, 6.45) is 0. The van der Waals surface area contributed by atoms with Gasteiger partial charge in [0, 0.05) is 11.8 Å². The number of aromatic hydroxyl groups is 1. The summed E-state index contributed by atoms with van der Waals surface area (Å²) in [4.78, 5) is 2.17. The average molecular weight is 392 g/mol. The van der Waals surface area contributed by atoms with Crippen LogP contribution in [-0.4, -0.2) is 24.1 Å². The molecule has 6 heteroatoms. The predicted molar refractivity (Wildman–Crippen MR) is 96.0 cm³/mol. The maximum atomic E-state index is 9.97. The standard InChI is InChI=1S/C16H20NOP.2ClH.Ti/c1-12-8-9-14(18)16(10-12)19-15-7-5-4-6-13(15)11-17(2)3;;;/h4-10,18-19H,11H2,1-3H3;2*1H;/q;;;+2/p-2. The van der Waals surface area contributed by atoms with Gasteiger partial charge in [0.25, 0.3) is 0 Å². The van der Waals surface area contributed by atoms with Crippen LogP contribution in [0.4, 0.5) is 0 Å². The van der Waals surface area contributed by atoms with E-state index < -0.39 is 17.0 Å². The molecule has 1 unspecified atom stereocenters. The summed E-state index contributed by atoms with van der Waals surface area (Å²) < 4.78 is 0. The summed E-state index contributed by atoms with van der Waals surface area (Å²) in [5.41, 5.74) is 2.51. The van der Waals surface area contributed by atoms with Crippen molar-refractivity contribution < 1.29 is 22.1 Å². The Kier molecular flexibility index (Phi) is 9.67. The van der Waals surface area contributed by atoms with Crippen LogP contribution in [0.1, 0.15) is 11.1 Å². The number of benzene rings is 2. The molecule has 2 aromatic carbocycles. The summed E-state index contributed by atoms with van der Waals surface area (Å²) in [5, 5.41) is 12.3. The number of phenols is 1. The van der Waals surface area contributed by atoms with Crippen molar-refractivity contribution in [3.8, 4) is 5.75 Å². The van der Waals surface area contributed by atoms with Gasteiger partial charge in [-0.3, -0.25) is 0 Å². The van der Waals surface area contributed by atoms with E-state index in [1.165, 1.54) is 16.4 Å². The summed E-state index contributed by atoms with van der Waals surface area (Å²) >= 11 is -0.556. The fourth-order valence-electron chi connectivity index (χ4n) is 2.02. The molecule has 2 rings (SSSR count). The fourth-order valence-corrected chi connectivity index (χ4v) is 3.32. The zero-order valence-corrected chi connectivity index (χ0v) is 17.0. The molecule has 0 amide bonds. The number of halogens is 2. The fraction of sp³-hybridized carbons (Fsp3) is 0.250. The molecule has 0 heterocycles. The molecule has 118 valence electrons. The van der Waals surface area contributed by atoms with Crippen LogP contribution in [0.5, 0.6) is 5.75 Å². The van der Waals surface area contributed by atoms with Crippen molar-refractivity contribution >= 4 is 37.8 Å². The van der Waals surface area contributed by atoms with E-state index >= 15 is 0 Å². The zero-order chi connectivity index (χ0) is 16.5. The second-order valence-electron chi connectivity index (χ2n) is 5.11. The van der Waals surface area contributed by atoms with Crippen molar-refractivity contribution in [3.63, 3.8) is 0 Å². The first-order valence-corrected chi connectivity index (χ1v) is 12.0. The molecule has 0 aromatic heterocycles. The maximum absolute atomic E-state index is 9.97. The molecule has 0 aliphatic heterocycles. The number of hydrogen-bond donors (Lipinski definition) is 1. The second kappa shape index (κ2) is 10.7. The summed E-state index contributed by atoms with van der Waals surface area (Å²) in [7, 11) is 14.4. The van der Waals surface area contributed by atoms with E-state index in [-0.39, 0.29) is 0 Å². The third-order valence-corrected chi connectivity index (χ3v) is 4.35. The van der Waals surface area contributed by atoms with Gasteiger partial charge in [0.2, 0.25) is 0 Å². The molecule has 0 saturated carbocycles. The second-order valence-corrected chi connectivity index (χ2v) is 9.02. The quantitative estimate of drug-likeness (QED) is 0.633. The Morgan fingerprint density at radius 3 is 2.36 bits per heavy atom. The van der Waals surface area contributed by atoms with Crippen molar-refractivity contribution in [1.82, 2.24) is 4.90 Å². The Morgan fingerprint density at radius 2 is 1.73 bits per heavy atom. The van der Waals surface area contributed by atoms with Crippen LogP contribution in [0.15, 0.2) is 42.5 Å². The summed E-state index contributed by atoms with van der Waals surface area (Å²) in [6, 6.07) is 14.2. The van der Waals surface area contributed by atoms with Crippen LogP contribution in [-0.2, 0) is 23.6 Å². The van der Waals surface area contributed by atoms with E-state index in [0.717, 1.165) is 11.8 Å². The van der Waals surface area contributed by atoms with Crippen molar-refractivity contribution in [2.45, 2.75) is 13.5 Å². The molecule has 0 aliphatic rings. The molecule has 0 aliphatic carbocycles. The number of rotatable bonds is 4. The first-order chi connectivity index (χ1) is 10.5. The number of phenolic OH excluding ortho intramolecular Hbond substituents is 1. The van der Waals surface area contributed by atoms with Crippen molar-refractivity contribution in [2.75, 3.05) is 14.1 Å². The Labute approximate surface area is 151 Å². The summed E-state index contributed by atoms with van der Waals surface area (Å²) in [5.74, 6) is 0.392. The normalized spacial score (nSPS) is 10.6. The van der Waals surface area contributed by atoms with Crippen LogP contribution in [0.2, 0.25) is 0 Å². The monoisotopic (exact) mass is 391 g/mol. The molecule has 1 N–H and O–H groups in total. The van der Waals surface area contributed by atoms with Crippen molar-refractivity contribution in [2.24, 2.45) is 0 Å². The topological polar surface area (TPSA) is 23.5 Å². The minimum absolute atomic E-state index is 0.392. The van der Waals surface area contributed by atoms with Gasteiger partial charge in [-0.2, -0.15) is 0 Å². The Bertz CT molecular complexity index is 596. The summed E-state index contributed by atoms with van der Waals surface area (Å²) in [6.45, 7) is 2.98. The van der Waals surface area contributed by atoms with Gasteiger partial charge in [0.1, 0.15) is 5.75 Å². The van der Waals surface area contributed by atoms with Crippen LogP contribution in [0.3, 0.4) is 0 Å². The van der Waals surface area contributed by atoms with Crippen LogP contribution < -0.4 is 10.6 Å². The molecule has 0 bridgehead atoms. The molecule has 0 radical (unpaired) electrons. The van der Waals surface area contributed by atoms with Gasteiger partial charge in [0.15, 0.2) is 0 Å². The number of nitrogens with zero attached hydrogens (tertiary/aromatic N) is 1. The van der Waals surface area contributed by atoms with E-state index in [2.05, 4.69) is 56.3 Å². The van der Waals surface area contributed by atoms with Gasteiger partial charge in [-0.25, -0.2) is 0 Å². The zero-order valence-electron chi connectivity index (χ0n) is 12.9. The Morgan fingerprint density at radius 1 is 1.09 bits per heavy atom. The first-order valence-electron chi connectivity index (χ1n) is 6.73. The Balaban J connectivity index is 0.000000745. The van der Waals surface area contributed by atoms with Gasteiger partial charge in [-0.05, 0) is 44.0 Å². The van der Waals surface area contributed by atoms with Gasteiger partial charge in [-0.1, -0.05) is 44.5 Å². The van der Waals surface area contributed by atoms with E-state index in [1.807, 2.05) is 6.07 Å². The third kappa shape index (κ3) is 7.00. The average Bonchev–Trinajstić information content (AvgIpc) is 2.45. The number of hydrogen-bond acceptors (Lipinski definition) is 2. The molecular weight excluding hydrogens is 372 g/mol. The Hall–Kier alpha value is -0.0757. The molecule has 0 fully saturated rings.